The minimum Gasteiger partial charge on any atom is -0.481 e. The van der Waals surface area contributed by atoms with Crippen molar-refractivity contribution < 1.29 is 34.0 Å². The van der Waals surface area contributed by atoms with Crippen LogP contribution in [0.3, 0.4) is 0 Å². The number of aliphatic carboxylic acids is 1. The van der Waals surface area contributed by atoms with Crippen LogP contribution in [0.2, 0.25) is 0 Å². The van der Waals surface area contributed by atoms with E-state index >= 15 is 0 Å². The Hall–Kier alpha value is -2.82. The van der Waals surface area contributed by atoms with Crippen LogP contribution in [-0.4, -0.2) is 65.9 Å². The highest BCUT2D eigenvalue weighted by Crippen LogP contribution is 2.42. The standard InChI is InChI=1S/C30H40N2O7/c1-20-26(17-32-15-5-8-25(32)19-37-2)38-30(39-29(20)22-13-11-21(18-33)12-14-22)23-6-3-7-24(16-23)31-27(34)9-4-10-28(35)36/h3,6-7,11-14,16,20,25-26,29-30,33H,4-5,8-10,15,17-19H2,1-2H3,(H,31,34)(H,35,36)/t20-,25+,26+,29+,30+/m1/s1. The number of amides is 1. The second-order valence-corrected chi connectivity index (χ2v) is 10.5. The number of aliphatic hydroxyl groups excluding tert-OH is 1. The average Bonchev–Trinajstić information content (AvgIpc) is 3.36. The Morgan fingerprint density at radius 1 is 1.10 bits per heavy atom. The molecule has 39 heavy (non-hydrogen) atoms. The van der Waals surface area contributed by atoms with Crippen molar-refractivity contribution in [3.63, 3.8) is 0 Å². The van der Waals surface area contributed by atoms with E-state index in [1.54, 1.807) is 13.2 Å². The van der Waals surface area contributed by atoms with Crippen LogP contribution in [0.5, 0.6) is 0 Å². The second kappa shape index (κ2) is 14.0. The first-order valence-electron chi connectivity index (χ1n) is 13.7. The molecule has 2 aromatic carbocycles. The summed E-state index contributed by atoms with van der Waals surface area (Å²) in [6, 6.07) is 15.6. The lowest BCUT2D eigenvalue weighted by atomic mass is 9.90. The number of benzene rings is 2. The lowest BCUT2D eigenvalue weighted by molar-refractivity contribution is -0.276. The summed E-state index contributed by atoms with van der Waals surface area (Å²) < 4.78 is 18.6. The third kappa shape index (κ3) is 7.86. The first-order chi connectivity index (χ1) is 18.9. The van der Waals surface area contributed by atoms with Gasteiger partial charge in [0.1, 0.15) is 0 Å². The fraction of sp³-hybridized carbons (Fsp3) is 0.533. The van der Waals surface area contributed by atoms with Gasteiger partial charge in [0, 0.05) is 49.7 Å². The van der Waals surface area contributed by atoms with Crippen molar-refractivity contribution in [1.29, 1.82) is 0 Å². The molecule has 0 radical (unpaired) electrons. The molecule has 9 nitrogen and oxygen atoms in total. The first-order valence-corrected chi connectivity index (χ1v) is 13.7. The Labute approximate surface area is 230 Å². The zero-order valence-corrected chi connectivity index (χ0v) is 22.8. The van der Waals surface area contributed by atoms with Gasteiger partial charge >= 0.3 is 5.97 Å². The maximum Gasteiger partial charge on any atom is 0.303 e. The molecule has 0 aromatic heterocycles. The largest absolute Gasteiger partial charge is 0.481 e. The first kappa shape index (κ1) is 29.2. The normalized spacial score (nSPS) is 25.5. The molecule has 0 bridgehead atoms. The Bertz CT molecular complexity index is 1090. The Balaban J connectivity index is 1.53. The smallest absolute Gasteiger partial charge is 0.303 e. The number of nitrogens with one attached hydrogen (secondary N) is 1. The van der Waals surface area contributed by atoms with Crippen molar-refractivity contribution in [3.8, 4) is 0 Å². The quantitative estimate of drug-likeness (QED) is 0.365. The van der Waals surface area contributed by atoms with E-state index in [0.717, 1.165) is 42.6 Å². The lowest BCUT2D eigenvalue weighted by Gasteiger charge is -2.43. The van der Waals surface area contributed by atoms with Crippen molar-refractivity contribution in [2.45, 2.75) is 70.2 Å². The van der Waals surface area contributed by atoms with Crippen molar-refractivity contribution in [1.82, 2.24) is 4.90 Å². The predicted octanol–water partition coefficient (Wildman–Crippen LogP) is 4.27. The second-order valence-electron chi connectivity index (χ2n) is 10.5. The number of likely N-dealkylation sites (tertiary alicyclic amines) is 1. The molecule has 0 unspecified atom stereocenters. The summed E-state index contributed by atoms with van der Waals surface area (Å²) in [6.07, 6.45) is 1.66. The van der Waals surface area contributed by atoms with Gasteiger partial charge in [0.15, 0.2) is 6.29 Å². The zero-order chi connectivity index (χ0) is 27.8. The molecular weight excluding hydrogens is 500 g/mol. The van der Waals surface area contributed by atoms with E-state index in [4.69, 9.17) is 19.3 Å². The maximum atomic E-state index is 12.3. The molecule has 0 spiro atoms. The summed E-state index contributed by atoms with van der Waals surface area (Å²) in [5.74, 6) is -1.07. The number of anilines is 1. The SMILES string of the molecule is COC[C@@H]1CCCN1C[C@@H]1O[C@H](c2cccc(NC(=O)CCCC(=O)O)c2)O[C@H](c2ccc(CO)cc2)[C@@H]1C. The molecule has 2 aliphatic heterocycles. The number of hydrogen-bond acceptors (Lipinski definition) is 7. The van der Waals surface area contributed by atoms with Crippen LogP contribution in [0.1, 0.15) is 68.1 Å². The monoisotopic (exact) mass is 540 g/mol. The van der Waals surface area contributed by atoms with Crippen LogP contribution in [0.15, 0.2) is 48.5 Å². The van der Waals surface area contributed by atoms with E-state index in [1.165, 1.54) is 0 Å². The van der Waals surface area contributed by atoms with Gasteiger partial charge in [-0.2, -0.15) is 0 Å². The van der Waals surface area contributed by atoms with Gasteiger partial charge in [-0.3, -0.25) is 14.5 Å². The average molecular weight is 541 g/mol. The number of methoxy groups -OCH3 is 1. The number of carbonyl (C=O) groups excluding carboxylic acids is 1. The van der Waals surface area contributed by atoms with E-state index in [-0.39, 0.29) is 49.9 Å². The molecule has 2 heterocycles. The van der Waals surface area contributed by atoms with E-state index in [9.17, 15) is 14.7 Å². The highest BCUT2D eigenvalue weighted by molar-refractivity contribution is 5.90. The number of nitrogens with zero attached hydrogens (tertiary/aromatic N) is 1. The summed E-state index contributed by atoms with van der Waals surface area (Å²) in [6.45, 7) is 4.61. The van der Waals surface area contributed by atoms with Crippen LogP contribution >= 0.6 is 0 Å². The topological polar surface area (TPSA) is 118 Å². The fourth-order valence-corrected chi connectivity index (χ4v) is 5.46. The zero-order valence-electron chi connectivity index (χ0n) is 22.8. The van der Waals surface area contributed by atoms with Crippen molar-refractivity contribution in [2.24, 2.45) is 5.92 Å². The number of rotatable bonds is 12. The van der Waals surface area contributed by atoms with E-state index in [0.29, 0.717) is 18.3 Å². The van der Waals surface area contributed by atoms with Gasteiger partial charge in [-0.15, -0.1) is 0 Å². The van der Waals surface area contributed by atoms with Crippen molar-refractivity contribution in [2.75, 3.05) is 32.1 Å². The van der Waals surface area contributed by atoms with E-state index < -0.39 is 12.3 Å². The van der Waals surface area contributed by atoms with Gasteiger partial charge in [-0.05, 0) is 49.1 Å². The summed E-state index contributed by atoms with van der Waals surface area (Å²) in [4.78, 5) is 25.5. The predicted molar refractivity (Wildman–Crippen MR) is 146 cm³/mol. The summed E-state index contributed by atoms with van der Waals surface area (Å²) in [7, 11) is 1.74. The molecular formula is C30H40N2O7. The van der Waals surface area contributed by atoms with E-state index in [1.807, 2.05) is 42.5 Å². The Kier molecular flexibility index (Phi) is 10.5. The number of carboxylic acids is 1. The van der Waals surface area contributed by atoms with E-state index in [2.05, 4.69) is 17.1 Å². The molecule has 2 aromatic rings. The minimum absolute atomic E-state index is 0.0135. The third-order valence-electron chi connectivity index (χ3n) is 7.63. The number of carbonyl (C=O) groups is 2. The van der Waals surface area contributed by atoms with Crippen LogP contribution in [0.25, 0.3) is 0 Å². The highest BCUT2D eigenvalue weighted by atomic mass is 16.7. The fourth-order valence-electron chi connectivity index (χ4n) is 5.46. The van der Waals surface area contributed by atoms with Crippen molar-refractivity contribution in [3.05, 3.63) is 65.2 Å². The van der Waals surface area contributed by atoms with Crippen LogP contribution in [0, 0.1) is 5.92 Å². The van der Waals surface area contributed by atoms with Crippen molar-refractivity contribution >= 4 is 17.6 Å². The van der Waals surface area contributed by atoms with Gasteiger partial charge in [0.2, 0.25) is 5.91 Å². The van der Waals surface area contributed by atoms with Crippen LogP contribution in [-0.2, 0) is 30.4 Å². The van der Waals surface area contributed by atoms with Crippen LogP contribution in [0.4, 0.5) is 5.69 Å². The molecule has 4 rings (SSSR count). The molecule has 212 valence electrons. The van der Waals surface area contributed by atoms with Gasteiger partial charge in [-0.1, -0.05) is 43.3 Å². The summed E-state index contributed by atoms with van der Waals surface area (Å²) in [5, 5.41) is 21.2. The number of ether oxygens (including phenoxy) is 3. The summed E-state index contributed by atoms with van der Waals surface area (Å²) in [5.41, 5.74) is 3.27. The number of aliphatic hydroxyl groups is 1. The minimum atomic E-state index is -0.914. The van der Waals surface area contributed by atoms with Gasteiger partial charge in [0.05, 0.1) is 25.4 Å². The molecule has 2 fully saturated rings. The van der Waals surface area contributed by atoms with Crippen LogP contribution < -0.4 is 5.32 Å². The molecule has 1 amide bonds. The molecule has 2 saturated heterocycles. The summed E-state index contributed by atoms with van der Waals surface area (Å²) >= 11 is 0. The highest BCUT2D eigenvalue weighted by Gasteiger charge is 2.40. The molecule has 3 N–H and O–H groups in total. The third-order valence-corrected chi connectivity index (χ3v) is 7.63. The van der Waals surface area contributed by atoms with Gasteiger partial charge in [0.25, 0.3) is 0 Å². The molecule has 0 saturated carbocycles. The van der Waals surface area contributed by atoms with Gasteiger partial charge < -0.3 is 29.7 Å². The molecule has 9 heteroatoms. The Morgan fingerprint density at radius 2 is 1.90 bits per heavy atom. The molecule has 5 atom stereocenters. The van der Waals surface area contributed by atoms with Gasteiger partial charge in [-0.25, -0.2) is 0 Å². The maximum absolute atomic E-state index is 12.3. The lowest BCUT2D eigenvalue weighted by Crippen LogP contribution is -2.46. The molecule has 0 aliphatic carbocycles. The Morgan fingerprint density at radius 3 is 2.62 bits per heavy atom. The molecule has 2 aliphatic rings. The number of hydrogen-bond donors (Lipinski definition) is 3. The number of carboxylic acid groups (broad SMARTS) is 1.